The minimum absolute atomic E-state index is 0.00145. The highest BCUT2D eigenvalue weighted by atomic mass is 32.2. The second kappa shape index (κ2) is 49.3. The molecule has 145 heavy (non-hydrogen) atoms. The zero-order chi connectivity index (χ0) is 102. The third-order valence-electron chi connectivity index (χ3n) is 21.1. The third-order valence-corrected chi connectivity index (χ3v) is 32.1. The molecule has 0 amide bonds. The first-order valence-electron chi connectivity index (χ1n) is 42.3. The van der Waals surface area contributed by atoms with E-state index in [1.807, 2.05) is 183 Å². The smallest absolute Gasteiger partial charge is 0.298 e. The maximum Gasteiger partial charge on any atom is 0.298 e. The van der Waals surface area contributed by atoms with Crippen molar-refractivity contribution in [1.82, 2.24) is 0 Å². The Hall–Kier alpha value is -13.0. The van der Waals surface area contributed by atoms with E-state index in [-0.39, 0.29) is 66.2 Å². The molecule has 0 aliphatic carbocycles. The Labute approximate surface area is 870 Å². The molecule has 0 atom stereocenters. The van der Waals surface area contributed by atoms with Crippen molar-refractivity contribution in [3.05, 3.63) is 395 Å². The van der Waals surface area contributed by atoms with Gasteiger partial charge in [0.1, 0.15) is 84.1 Å². The van der Waals surface area contributed by atoms with E-state index in [1.54, 1.807) is 121 Å². The molecule has 0 aliphatic heterocycles. The van der Waals surface area contributed by atoms with Crippen LogP contribution in [-0.4, -0.2) is 85.4 Å². The first kappa shape index (κ1) is 106. The summed E-state index contributed by atoms with van der Waals surface area (Å²) in [5.41, 5.74) is 6.25. The molecule has 0 radical (unpaired) electrons. The maximum absolute atomic E-state index is 13.8. The van der Waals surface area contributed by atoms with Crippen LogP contribution in [-0.2, 0) is 58.5 Å². The predicted octanol–water partition coefficient (Wildman–Crippen LogP) is 28.4. The van der Waals surface area contributed by atoms with Gasteiger partial charge in [-0.1, -0.05) is 153 Å². The molecule has 16 rings (SSSR count). The molecule has 0 saturated heterocycles. The van der Waals surface area contributed by atoms with Crippen molar-refractivity contribution in [1.29, 1.82) is 10.5 Å². The minimum atomic E-state index is -4.87. The van der Waals surface area contributed by atoms with Crippen LogP contribution in [0.4, 0.5) is 0 Å². The van der Waals surface area contributed by atoms with Crippen LogP contribution in [0.2, 0.25) is 0 Å². The van der Waals surface area contributed by atoms with Crippen molar-refractivity contribution < 1.29 is 121 Å². The van der Waals surface area contributed by atoms with Gasteiger partial charge in [-0.2, -0.15) is 35.8 Å². The molecular weight excluding hydrogens is 2090 g/mol. The SMILES string of the molecule is COc1ccc(C(=O)c2ccc(Sc3ccc(Sc4ccc(Sc5cccc(Oc6ccc(-c7ccc(Oc8cccc(C)c8C#N)cc7)cc6)c5C#N)cc4)cc3)c(SOOO)c2)cc1S(=O)(=O)O.CSc1ccc(Sc2ccc(Sc3ccc(C(=O)c4ccc(Oc5ccc(-c6ccc(Oc7ccc(C(=O)c8ccc(C)c(SOOO)c8)cc7S(=O)(=O)O)cc6)cc5)c(SOOO)c4)cc3S(=O)(=O)O)cc2)cc1. The summed E-state index contributed by atoms with van der Waals surface area (Å²) in [7, 11) is -13.1. The summed E-state index contributed by atoms with van der Waals surface area (Å²) in [5, 5.41) is 57.4. The van der Waals surface area contributed by atoms with Crippen LogP contribution in [0.15, 0.2) is 423 Å². The van der Waals surface area contributed by atoms with Gasteiger partial charge in [0, 0.05) is 92.1 Å². The van der Waals surface area contributed by atoms with E-state index in [1.165, 1.54) is 103 Å². The number of hydrogen-bond donors (Lipinski definition) is 6. The monoisotopic (exact) mass is 2160 g/mol. The lowest BCUT2D eigenvalue weighted by molar-refractivity contribution is -0.432. The van der Waals surface area contributed by atoms with E-state index in [0.717, 1.165) is 96.9 Å². The van der Waals surface area contributed by atoms with Crippen LogP contribution in [0.3, 0.4) is 0 Å². The molecular formula is C105H74N2O26S12. The average Bonchev–Trinajstić information content (AvgIpc) is 0.801. The van der Waals surface area contributed by atoms with Gasteiger partial charge in [-0.25, -0.2) is 15.8 Å². The molecule has 28 nitrogen and oxygen atoms in total. The van der Waals surface area contributed by atoms with Crippen LogP contribution < -0.4 is 23.7 Å². The lowest BCUT2D eigenvalue weighted by Gasteiger charge is -2.13. The lowest BCUT2D eigenvalue weighted by Crippen LogP contribution is -2.07. The Kier molecular flexibility index (Phi) is 36.1. The van der Waals surface area contributed by atoms with Gasteiger partial charge in [0.05, 0.1) is 58.6 Å². The molecule has 40 heteroatoms. The number of carbonyl (C=O) groups excluding carboxylic acids is 3. The molecule has 16 aromatic rings. The van der Waals surface area contributed by atoms with Crippen LogP contribution in [0, 0.1) is 36.5 Å². The van der Waals surface area contributed by atoms with Crippen molar-refractivity contribution in [2.45, 2.75) is 97.1 Å². The van der Waals surface area contributed by atoms with E-state index >= 15 is 0 Å². The van der Waals surface area contributed by atoms with Crippen molar-refractivity contribution in [3.63, 3.8) is 0 Å². The minimum Gasteiger partial charge on any atom is -0.495 e. The highest BCUT2D eigenvalue weighted by Gasteiger charge is 2.28. The first-order valence-corrected chi connectivity index (χ1v) is 54.1. The summed E-state index contributed by atoms with van der Waals surface area (Å²) in [6.07, 6.45) is 2.01. The summed E-state index contributed by atoms with van der Waals surface area (Å²) in [5.74, 6) is 0.891. The third kappa shape index (κ3) is 28.0. The second-order valence-electron chi connectivity index (χ2n) is 30.5. The lowest BCUT2D eigenvalue weighted by atomic mass is 10.0. The van der Waals surface area contributed by atoms with Gasteiger partial charge in [-0.3, -0.25) is 28.0 Å². The fraction of sp³-hybridized carbons (Fsp3) is 0.0381. The van der Waals surface area contributed by atoms with E-state index in [0.29, 0.717) is 101 Å². The van der Waals surface area contributed by atoms with Crippen LogP contribution in [0.5, 0.6) is 51.7 Å². The largest absolute Gasteiger partial charge is 0.495 e. The number of thioether (sulfide) groups is 1. The van der Waals surface area contributed by atoms with Gasteiger partial charge < -0.3 is 23.7 Å². The number of aryl methyl sites for hydroxylation is 2. The number of hydrogen-bond acceptors (Lipinski definition) is 34. The molecule has 0 spiro atoms. The Morgan fingerprint density at radius 1 is 0.283 bits per heavy atom. The molecule has 0 aromatic heterocycles. The molecule has 732 valence electrons. The van der Waals surface area contributed by atoms with Gasteiger partial charge in [0.25, 0.3) is 30.4 Å². The van der Waals surface area contributed by atoms with Crippen LogP contribution >= 0.6 is 107 Å². The summed E-state index contributed by atoms with van der Waals surface area (Å²) in [6, 6.07) is 101. The first-order chi connectivity index (χ1) is 69.9. The number of ether oxygens (including phenoxy) is 5. The quantitative estimate of drug-likeness (QED) is 0.00519. The Bertz CT molecular complexity index is 7930. The summed E-state index contributed by atoms with van der Waals surface area (Å²) >= 11 is 10.7. The Morgan fingerprint density at radius 3 is 1.01 bits per heavy atom. The maximum atomic E-state index is 13.8. The van der Waals surface area contributed by atoms with Gasteiger partial charge in [-0.05, 0) is 314 Å². The normalized spacial score (nSPS) is 11.3. The van der Waals surface area contributed by atoms with E-state index in [4.69, 9.17) is 48.1 Å². The molecule has 0 bridgehead atoms. The molecule has 0 unspecified atom stereocenters. The molecule has 6 N–H and O–H groups in total. The molecule has 0 fully saturated rings. The Balaban J connectivity index is 0.000000218. The number of methoxy groups -OCH3 is 1. The topological polar surface area (TPSA) is 424 Å². The van der Waals surface area contributed by atoms with Gasteiger partial charge in [0.2, 0.25) is 0 Å². The van der Waals surface area contributed by atoms with Gasteiger partial charge in [0.15, 0.2) is 17.3 Å². The van der Waals surface area contributed by atoms with Crippen molar-refractivity contribution >= 4 is 154 Å². The molecule has 0 heterocycles. The predicted molar refractivity (Wildman–Crippen MR) is 551 cm³/mol. The summed E-state index contributed by atoms with van der Waals surface area (Å²) < 4.78 is 147. The zero-order valence-electron chi connectivity index (χ0n) is 75.5. The Morgan fingerprint density at radius 2 is 0.593 bits per heavy atom. The highest BCUT2D eigenvalue weighted by molar-refractivity contribution is 8.01. The summed E-state index contributed by atoms with van der Waals surface area (Å²) in [6.45, 7) is 3.62. The standard InChI is InChI=1S/C53H36N2O10S5.C52H38O16S7/c1-33-5-3-6-46(44(33)31-54)62-38-15-9-34(10-16-38)35-11-17-39(18-12-35)63-47-7-4-8-49(45(47)32-55)67-42-23-19-40(20-24-42)66-41-21-25-43(26-22-41)68-50-28-14-36(29-51(50)69-65-64-57)53(56)37-13-27-48(61-2)52(30-37)70(58,59)60;1-31-3-4-34(27-47(31)72-67-65-55)51(53)36-10-25-45(49(29-36)74(57,58)59)64-39-14-7-33(8-15-39)32-5-12-38(13-6-32)63-44-24-9-35(28-48(44)73-68-66-56)52(54)37-11-26-46(50(30-37)75(60,61)62)71-43-22-20-42(21-23-43)70-41-18-16-40(69-2)17-19-41/h3-30,57H,1-2H3,(H,58,59,60);3-30,55-56H,1-2H3,(H,57,58,59)(H,60,61,62). The fourth-order valence-corrected chi connectivity index (χ4v) is 22.6. The number of nitriles is 2. The van der Waals surface area contributed by atoms with Gasteiger partial charge in [-0.15, -0.1) is 24.8 Å². The van der Waals surface area contributed by atoms with Gasteiger partial charge >= 0.3 is 0 Å². The number of nitrogens with zero attached hydrogens (tertiary/aromatic N) is 2. The van der Waals surface area contributed by atoms with Crippen molar-refractivity contribution in [3.8, 4) is 86.1 Å². The number of carbonyl (C=O) groups is 3. The summed E-state index contributed by atoms with van der Waals surface area (Å²) in [4.78, 5) is 49.4. The highest BCUT2D eigenvalue weighted by Crippen LogP contribution is 2.46. The van der Waals surface area contributed by atoms with Crippen LogP contribution in [0.1, 0.15) is 70.0 Å². The number of benzene rings is 16. The van der Waals surface area contributed by atoms with E-state index in [9.17, 15) is 63.8 Å². The number of rotatable bonds is 40. The second-order valence-corrected chi connectivity index (χ2v) is 43.4. The van der Waals surface area contributed by atoms with Crippen LogP contribution in [0.25, 0.3) is 22.3 Å². The van der Waals surface area contributed by atoms with Crippen molar-refractivity contribution in [2.75, 3.05) is 13.4 Å². The molecule has 16 aromatic carbocycles. The zero-order valence-corrected chi connectivity index (χ0v) is 85.3. The molecule has 0 aliphatic rings. The van der Waals surface area contributed by atoms with Crippen molar-refractivity contribution in [2.24, 2.45) is 0 Å². The molecule has 0 saturated carbocycles. The number of ketones is 3. The van der Waals surface area contributed by atoms with E-state index in [2.05, 4.69) is 31.6 Å². The average molecular weight is 2160 g/mol. The fourth-order valence-electron chi connectivity index (χ4n) is 14.0. The van der Waals surface area contributed by atoms with E-state index < -0.39 is 62.4 Å².